The van der Waals surface area contributed by atoms with Gasteiger partial charge in [-0.05, 0) is 18.2 Å². The molecule has 0 aliphatic carbocycles. The topological polar surface area (TPSA) is 43.4 Å². The highest BCUT2D eigenvalue weighted by Crippen LogP contribution is 2.28. The Bertz CT molecular complexity index is 416. The lowest BCUT2D eigenvalue weighted by molar-refractivity contribution is 0.493. The van der Waals surface area contributed by atoms with Gasteiger partial charge in [-0.15, -0.1) is 0 Å². The van der Waals surface area contributed by atoms with Crippen molar-refractivity contribution in [1.82, 2.24) is 0 Å². The molecule has 1 aromatic carbocycles. The summed E-state index contributed by atoms with van der Waals surface area (Å²) >= 11 is 8.90. The highest BCUT2D eigenvalue weighted by Gasteiger charge is 2.08. The van der Waals surface area contributed by atoms with Gasteiger partial charge in [0.1, 0.15) is 0 Å². The molecule has 6 heteroatoms. The second kappa shape index (κ2) is 3.86. The summed E-state index contributed by atoms with van der Waals surface area (Å²) in [6.45, 7) is 0. The van der Waals surface area contributed by atoms with Crippen LogP contribution in [0.25, 0.3) is 0 Å². The summed E-state index contributed by atoms with van der Waals surface area (Å²) in [7, 11) is -3.51. The van der Waals surface area contributed by atoms with Crippen molar-refractivity contribution in [2.45, 2.75) is 0 Å². The molecule has 0 radical (unpaired) electrons. The van der Waals surface area contributed by atoms with Crippen LogP contribution < -0.4 is 4.18 Å². The van der Waals surface area contributed by atoms with E-state index in [4.69, 9.17) is 11.6 Å². The number of hydrogen-bond donors (Lipinski definition) is 0. The molecule has 1 aromatic rings. The standard InChI is InChI=1S/C7H6BrClO3S/c1-13(10,11)12-7-3-2-5(8)4-6(7)9/h2-4H,1H3. The van der Waals surface area contributed by atoms with Gasteiger partial charge in [0, 0.05) is 4.47 Å². The normalized spacial score (nSPS) is 11.3. The second-order valence-electron chi connectivity index (χ2n) is 2.36. The Morgan fingerprint density at radius 1 is 1.46 bits per heavy atom. The molecule has 13 heavy (non-hydrogen) atoms. The van der Waals surface area contributed by atoms with E-state index in [1.165, 1.54) is 6.07 Å². The van der Waals surface area contributed by atoms with Crippen LogP contribution in [-0.2, 0) is 10.1 Å². The largest absolute Gasteiger partial charge is 0.381 e. The Labute approximate surface area is 89.9 Å². The lowest BCUT2D eigenvalue weighted by Crippen LogP contribution is -2.05. The first-order valence-electron chi connectivity index (χ1n) is 3.23. The summed E-state index contributed by atoms with van der Waals surface area (Å²) < 4.78 is 26.9. The average molecular weight is 286 g/mol. The van der Waals surface area contributed by atoms with Crippen LogP contribution >= 0.6 is 27.5 Å². The van der Waals surface area contributed by atoms with E-state index in [2.05, 4.69) is 20.1 Å². The number of benzene rings is 1. The summed E-state index contributed by atoms with van der Waals surface area (Å²) in [5.74, 6) is 0.132. The average Bonchev–Trinajstić information content (AvgIpc) is 1.93. The first kappa shape index (κ1) is 10.8. The third-order valence-electron chi connectivity index (χ3n) is 1.14. The van der Waals surface area contributed by atoms with E-state index in [0.29, 0.717) is 0 Å². The van der Waals surface area contributed by atoms with Crippen molar-refractivity contribution in [3.05, 3.63) is 27.7 Å². The fourth-order valence-electron chi connectivity index (χ4n) is 0.706. The van der Waals surface area contributed by atoms with Gasteiger partial charge >= 0.3 is 10.1 Å². The zero-order chi connectivity index (χ0) is 10.1. The molecule has 72 valence electrons. The van der Waals surface area contributed by atoms with Crippen LogP contribution in [0.4, 0.5) is 0 Å². The van der Waals surface area contributed by atoms with Crippen LogP contribution in [0.15, 0.2) is 22.7 Å². The van der Waals surface area contributed by atoms with Crippen LogP contribution in [-0.4, -0.2) is 14.7 Å². The van der Waals surface area contributed by atoms with Crippen LogP contribution in [0.1, 0.15) is 0 Å². The minimum atomic E-state index is -3.51. The highest BCUT2D eigenvalue weighted by molar-refractivity contribution is 9.10. The van der Waals surface area contributed by atoms with E-state index in [9.17, 15) is 8.42 Å². The summed E-state index contributed by atoms with van der Waals surface area (Å²) in [5, 5.41) is 0.250. The Kier molecular flexibility index (Phi) is 3.21. The second-order valence-corrected chi connectivity index (χ2v) is 5.26. The van der Waals surface area contributed by atoms with E-state index >= 15 is 0 Å². The fourth-order valence-corrected chi connectivity index (χ4v) is 1.94. The van der Waals surface area contributed by atoms with Gasteiger partial charge < -0.3 is 4.18 Å². The van der Waals surface area contributed by atoms with Crippen molar-refractivity contribution in [2.75, 3.05) is 6.26 Å². The summed E-state index contributed by atoms with van der Waals surface area (Å²) in [5.41, 5.74) is 0. The molecule has 0 heterocycles. The molecule has 0 bridgehead atoms. The van der Waals surface area contributed by atoms with Gasteiger partial charge in [0.05, 0.1) is 11.3 Å². The van der Waals surface area contributed by atoms with Gasteiger partial charge in [-0.1, -0.05) is 27.5 Å². The lowest BCUT2D eigenvalue weighted by Gasteiger charge is -2.04. The van der Waals surface area contributed by atoms with Gasteiger partial charge in [-0.3, -0.25) is 0 Å². The van der Waals surface area contributed by atoms with Crippen molar-refractivity contribution in [3.8, 4) is 5.75 Å². The van der Waals surface area contributed by atoms with Crippen molar-refractivity contribution >= 4 is 37.6 Å². The van der Waals surface area contributed by atoms with Gasteiger partial charge in [-0.2, -0.15) is 8.42 Å². The smallest absolute Gasteiger partial charge is 0.306 e. The maximum atomic E-state index is 10.7. The molecule has 0 aromatic heterocycles. The summed E-state index contributed by atoms with van der Waals surface area (Å²) in [6, 6.07) is 4.68. The van der Waals surface area contributed by atoms with E-state index in [0.717, 1.165) is 10.7 Å². The van der Waals surface area contributed by atoms with E-state index in [-0.39, 0.29) is 10.8 Å². The molecular formula is C7H6BrClO3S. The Morgan fingerprint density at radius 3 is 2.54 bits per heavy atom. The molecule has 0 aliphatic rings. The van der Waals surface area contributed by atoms with Gasteiger partial charge in [-0.25, -0.2) is 0 Å². The predicted octanol–water partition coefficient (Wildman–Crippen LogP) is 2.44. The molecule has 0 aliphatic heterocycles. The first-order chi connectivity index (χ1) is 5.88. The molecule has 3 nitrogen and oxygen atoms in total. The Morgan fingerprint density at radius 2 is 2.08 bits per heavy atom. The van der Waals surface area contributed by atoms with E-state index < -0.39 is 10.1 Å². The molecule has 1 rings (SSSR count). The third-order valence-corrected chi connectivity index (χ3v) is 2.41. The monoisotopic (exact) mass is 284 g/mol. The van der Waals surface area contributed by atoms with Crippen molar-refractivity contribution in [1.29, 1.82) is 0 Å². The molecule has 0 N–H and O–H groups in total. The highest BCUT2D eigenvalue weighted by atomic mass is 79.9. The third kappa shape index (κ3) is 3.54. The van der Waals surface area contributed by atoms with Crippen molar-refractivity contribution < 1.29 is 12.6 Å². The maximum absolute atomic E-state index is 10.7. The lowest BCUT2D eigenvalue weighted by atomic mass is 10.3. The SMILES string of the molecule is CS(=O)(=O)Oc1ccc(Br)cc1Cl. The van der Waals surface area contributed by atoms with Crippen LogP contribution in [0.5, 0.6) is 5.75 Å². The number of rotatable bonds is 2. The van der Waals surface area contributed by atoms with Crippen molar-refractivity contribution in [2.24, 2.45) is 0 Å². The molecule has 0 atom stereocenters. The summed E-state index contributed by atoms with van der Waals surface area (Å²) in [6.07, 6.45) is 0.964. The first-order valence-corrected chi connectivity index (χ1v) is 6.22. The van der Waals surface area contributed by atoms with E-state index in [1.807, 2.05) is 0 Å². The molecule has 0 saturated heterocycles. The van der Waals surface area contributed by atoms with E-state index in [1.54, 1.807) is 12.1 Å². The zero-order valence-electron chi connectivity index (χ0n) is 6.62. The van der Waals surface area contributed by atoms with Crippen molar-refractivity contribution in [3.63, 3.8) is 0 Å². The van der Waals surface area contributed by atoms with Crippen LogP contribution in [0.2, 0.25) is 5.02 Å². The number of halogens is 2. The predicted molar refractivity (Wildman–Crippen MR) is 54.6 cm³/mol. The summed E-state index contributed by atoms with van der Waals surface area (Å²) in [4.78, 5) is 0. The zero-order valence-corrected chi connectivity index (χ0v) is 9.78. The number of hydrogen-bond acceptors (Lipinski definition) is 3. The maximum Gasteiger partial charge on any atom is 0.306 e. The van der Waals surface area contributed by atoms with Gasteiger partial charge in [0.25, 0.3) is 0 Å². The quantitative estimate of drug-likeness (QED) is 0.784. The van der Waals surface area contributed by atoms with Crippen LogP contribution in [0, 0.1) is 0 Å². The minimum absolute atomic E-state index is 0.132. The van der Waals surface area contributed by atoms with Gasteiger partial charge in [0.2, 0.25) is 0 Å². The molecule has 0 unspecified atom stereocenters. The Balaban J connectivity index is 3.04. The molecule has 0 fully saturated rings. The molecule has 0 amide bonds. The van der Waals surface area contributed by atoms with Gasteiger partial charge in [0.15, 0.2) is 5.75 Å². The molecular weight excluding hydrogens is 279 g/mol. The van der Waals surface area contributed by atoms with Crippen LogP contribution in [0.3, 0.4) is 0 Å². The fraction of sp³-hybridized carbons (Fsp3) is 0.143. The minimum Gasteiger partial charge on any atom is -0.381 e. The molecule has 0 saturated carbocycles. The molecule has 0 spiro atoms. The Hall–Kier alpha value is -0.260.